The number of halogens is 1. The number of rotatable bonds is 7. The Balaban J connectivity index is 1.48. The van der Waals surface area contributed by atoms with E-state index in [0.717, 1.165) is 23.6 Å². The molecule has 1 fully saturated rings. The van der Waals surface area contributed by atoms with Gasteiger partial charge in [-0.1, -0.05) is 54.1 Å². The van der Waals surface area contributed by atoms with Crippen LogP contribution in [0.1, 0.15) is 17.5 Å². The summed E-state index contributed by atoms with van der Waals surface area (Å²) in [6, 6.07) is 17.4. The van der Waals surface area contributed by atoms with E-state index in [9.17, 15) is 9.59 Å². The van der Waals surface area contributed by atoms with E-state index >= 15 is 0 Å². The van der Waals surface area contributed by atoms with Gasteiger partial charge >= 0.3 is 0 Å². The van der Waals surface area contributed by atoms with Crippen LogP contribution in [-0.2, 0) is 22.4 Å². The number of quaternary nitrogens is 1. The van der Waals surface area contributed by atoms with Gasteiger partial charge in [0.15, 0.2) is 6.04 Å². The van der Waals surface area contributed by atoms with Gasteiger partial charge in [-0.25, -0.2) is 0 Å². The van der Waals surface area contributed by atoms with Crippen molar-refractivity contribution in [2.75, 3.05) is 13.1 Å². The molecule has 5 heteroatoms. The second kappa shape index (κ2) is 8.28. The molecule has 130 valence electrons. The molecule has 0 unspecified atom stereocenters. The van der Waals surface area contributed by atoms with Crippen LogP contribution in [0.2, 0.25) is 5.02 Å². The first-order chi connectivity index (χ1) is 12.1. The van der Waals surface area contributed by atoms with Gasteiger partial charge in [-0.3, -0.25) is 14.5 Å². The molecule has 1 heterocycles. The maximum atomic E-state index is 12.5. The number of nitrogens with zero attached hydrogens (tertiary/aromatic N) is 1. The SMILES string of the molecule is O=C1C[C@H]([NH2+]CCc2ccc(Cl)cc2)C(=O)N1CCc1ccccc1. The zero-order valence-electron chi connectivity index (χ0n) is 14.0. The van der Waals surface area contributed by atoms with Crippen molar-refractivity contribution in [3.8, 4) is 0 Å². The van der Waals surface area contributed by atoms with Crippen LogP contribution >= 0.6 is 11.6 Å². The standard InChI is InChI=1S/C20H21ClN2O2/c21-17-8-6-16(7-9-17)10-12-22-18-14-19(24)23(20(18)25)13-11-15-4-2-1-3-5-15/h1-9,18,22H,10-14H2/p+1/t18-/m0/s1. The Morgan fingerprint density at radius 3 is 2.36 bits per heavy atom. The molecule has 4 nitrogen and oxygen atoms in total. The van der Waals surface area contributed by atoms with Crippen LogP contribution < -0.4 is 5.32 Å². The zero-order valence-corrected chi connectivity index (χ0v) is 14.8. The van der Waals surface area contributed by atoms with Gasteiger partial charge in [0.05, 0.1) is 13.0 Å². The van der Waals surface area contributed by atoms with Gasteiger partial charge in [-0.15, -0.1) is 0 Å². The van der Waals surface area contributed by atoms with Crippen LogP contribution in [0.5, 0.6) is 0 Å². The number of imide groups is 1. The summed E-state index contributed by atoms with van der Waals surface area (Å²) in [6.45, 7) is 1.24. The molecule has 1 atom stereocenters. The van der Waals surface area contributed by atoms with Crippen molar-refractivity contribution in [2.24, 2.45) is 0 Å². The molecule has 25 heavy (non-hydrogen) atoms. The van der Waals surface area contributed by atoms with Gasteiger partial charge in [-0.05, 0) is 29.7 Å². The smallest absolute Gasteiger partial charge is 0.287 e. The second-order valence-electron chi connectivity index (χ2n) is 6.33. The molecule has 2 aromatic carbocycles. The topological polar surface area (TPSA) is 54.0 Å². The third kappa shape index (κ3) is 4.68. The lowest BCUT2D eigenvalue weighted by atomic mass is 10.1. The van der Waals surface area contributed by atoms with E-state index in [1.165, 1.54) is 10.5 Å². The molecule has 0 radical (unpaired) electrons. The summed E-state index contributed by atoms with van der Waals surface area (Å²) in [5.74, 6) is -0.120. The maximum absolute atomic E-state index is 12.5. The molecule has 0 spiro atoms. The summed E-state index contributed by atoms with van der Waals surface area (Å²) in [6.07, 6.45) is 1.85. The van der Waals surface area contributed by atoms with Gasteiger partial charge in [-0.2, -0.15) is 0 Å². The maximum Gasteiger partial charge on any atom is 0.287 e. The van der Waals surface area contributed by atoms with Crippen molar-refractivity contribution >= 4 is 23.4 Å². The van der Waals surface area contributed by atoms with Crippen molar-refractivity contribution in [1.82, 2.24) is 4.90 Å². The molecule has 1 aliphatic heterocycles. The Kier molecular flexibility index (Phi) is 5.84. The summed E-state index contributed by atoms with van der Waals surface area (Å²) in [4.78, 5) is 26.1. The van der Waals surface area contributed by atoms with Crippen molar-refractivity contribution in [3.63, 3.8) is 0 Å². The summed E-state index contributed by atoms with van der Waals surface area (Å²) >= 11 is 5.88. The predicted octanol–water partition coefficient (Wildman–Crippen LogP) is 1.82. The van der Waals surface area contributed by atoms with Crippen LogP contribution in [0, 0.1) is 0 Å². The van der Waals surface area contributed by atoms with Crippen LogP contribution in [0.25, 0.3) is 0 Å². The third-order valence-electron chi connectivity index (χ3n) is 4.54. The molecule has 1 aliphatic rings. The molecule has 3 rings (SSSR count). The van der Waals surface area contributed by atoms with E-state index < -0.39 is 0 Å². The second-order valence-corrected chi connectivity index (χ2v) is 6.77. The Hall–Kier alpha value is -2.17. The van der Waals surface area contributed by atoms with Crippen LogP contribution in [0.15, 0.2) is 54.6 Å². The summed E-state index contributed by atoms with van der Waals surface area (Å²) in [5, 5.41) is 2.70. The Bertz CT molecular complexity index is 731. The molecular formula is C20H22ClN2O2+. The first kappa shape index (κ1) is 17.6. The fourth-order valence-electron chi connectivity index (χ4n) is 3.12. The molecule has 2 N–H and O–H groups in total. The van der Waals surface area contributed by atoms with E-state index in [1.54, 1.807) is 0 Å². The van der Waals surface area contributed by atoms with Crippen LogP contribution in [0.3, 0.4) is 0 Å². The molecule has 0 aliphatic carbocycles. The van der Waals surface area contributed by atoms with E-state index in [0.29, 0.717) is 19.4 Å². The van der Waals surface area contributed by atoms with E-state index in [2.05, 4.69) is 0 Å². The minimum Gasteiger partial charge on any atom is -0.335 e. The highest BCUT2D eigenvalue weighted by Gasteiger charge is 2.40. The van der Waals surface area contributed by atoms with E-state index in [4.69, 9.17) is 11.6 Å². The zero-order chi connectivity index (χ0) is 17.6. The Labute approximate surface area is 152 Å². The van der Waals surface area contributed by atoms with Crippen molar-refractivity contribution in [3.05, 3.63) is 70.7 Å². The lowest BCUT2D eigenvalue weighted by Gasteiger charge is -2.14. The van der Waals surface area contributed by atoms with Crippen LogP contribution in [0.4, 0.5) is 0 Å². The Morgan fingerprint density at radius 2 is 1.64 bits per heavy atom. The monoisotopic (exact) mass is 357 g/mol. The fourth-order valence-corrected chi connectivity index (χ4v) is 3.24. The van der Waals surface area contributed by atoms with Gasteiger partial charge in [0, 0.05) is 18.0 Å². The number of hydrogen-bond donors (Lipinski definition) is 1. The highest BCUT2D eigenvalue weighted by Crippen LogP contribution is 2.12. The average Bonchev–Trinajstić information content (AvgIpc) is 2.89. The average molecular weight is 358 g/mol. The van der Waals surface area contributed by atoms with Crippen LogP contribution in [-0.4, -0.2) is 35.8 Å². The van der Waals surface area contributed by atoms with E-state index in [1.807, 2.05) is 59.9 Å². The lowest BCUT2D eigenvalue weighted by Crippen LogP contribution is -2.92. The number of benzene rings is 2. The molecule has 2 aromatic rings. The van der Waals surface area contributed by atoms with Gasteiger partial charge in [0.25, 0.3) is 5.91 Å². The molecule has 2 amide bonds. The first-order valence-electron chi connectivity index (χ1n) is 8.59. The number of hydrogen-bond acceptors (Lipinski definition) is 2. The summed E-state index contributed by atoms with van der Waals surface area (Å²) < 4.78 is 0. The highest BCUT2D eigenvalue weighted by atomic mass is 35.5. The molecule has 0 saturated carbocycles. The minimum atomic E-state index is -0.282. The van der Waals surface area contributed by atoms with Crippen molar-refractivity contribution in [1.29, 1.82) is 0 Å². The fraction of sp³-hybridized carbons (Fsp3) is 0.300. The van der Waals surface area contributed by atoms with Gasteiger partial charge < -0.3 is 5.32 Å². The molecule has 0 aromatic heterocycles. The molecule has 1 saturated heterocycles. The summed E-state index contributed by atoms with van der Waals surface area (Å²) in [5.41, 5.74) is 2.32. The lowest BCUT2D eigenvalue weighted by molar-refractivity contribution is -0.674. The van der Waals surface area contributed by atoms with Crippen molar-refractivity contribution in [2.45, 2.75) is 25.3 Å². The highest BCUT2D eigenvalue weighted by molar-refractivity contribution is 6.30. The predicted molar refractivity (Wildman–Crippen MR) is 97.2 cm³/mol. The molecule has 0 bridgehead atoms. The number of nitrogens with two attached hydrogens (primary N) is 1. The van der Waals surface area contributed by atoms with Gasteiger partial charge in [0.1, 0.15) is 0 Å². The first-order valence-corrected chi connectivity index (χ1v) is 8.97. The number of amides is 2. The van der Waals surface area contributed by atoms with Crippen molar-refractivity contribution < 1.29 is 14.9 Å². The normalized spacial score (nSPS) is 17.3. The largest absolute Gasteiger partial charge is 0.335 e. The number of likely N-dealkylation sites (tertiary alicyclic amines) is 1. The number of carbonyl (C=O) groups excluding carboxylic acids is 2. The number of carbonyl (C=O) groups is 2. The quantitative estimate of drug-likeness (QED) is 0.768. The third-order valence-corrected chi connectivity index (χ3v) is 4.80. The summed E-state index contributed by atoms with van der Waals surface area (Å²) in [7, 11) is 0. The van der Waals surface area contributed by atoms with Gasteiger partial charge in [0.2, 0.25) is 5.91 Å². The molecular weight excluding hydrogens is 336 g/mol. The minimum absolute atomic E-state index is 0.0583. The Morgan fingerprint density at radius 1 is 0.960 bits per heavy atom. The van der Waals surface area contributed by atoms with E-state index in [-0.39, 0.29) is 17.9 Å².